The fraction of sp³-hybridized carbons (Fsp3) is 0.130. The van der Waals surface area contributed by atoms with E-state index in [1.54, 1.807) is 25.3 Å². The molecule has 8 nitrogen and oxygen atoms in total. The molecule has 0 amide bonds. The Labute approximate surface area is 178 Å². The number of methoxy groups -OCH3 is 1. The summed E-state index contributed by atoms with van der Waals surface area (Å²) in [5, 5.41) is 11.8. The third-order valence-electron chi connectivity index (χ3n) is 4.56. The zero-order valence-electron chi connectivity index (χ0n) is 17.1. The van der Waals surface area contributed by atoms with Crippen LogP contribution in [0.3, 0.4) is 0 Å². The summed E-state index contributed by atoms with van der Waals surface area (Å²) in [4.78, 5) is 13.1. The van der Waals surface area contributed by atoms with E-state index in [4.69, 9.17) is 13.9 Å². The Bertz CT molecular complexity index is 1200. The number of nitrogens with zero attached hydrogens (tertiary/aromatic N) is 4. The maximum atomic E-state index is 13.1. The van der Waals surface area contributed by atoms with Gasteiger partial charge in [-0.3, -0.25) is 0 Å². The van der Waals surface area contributed by atoms with Gasteiger partial charge in [0.25, 0.3) is 0 Å². The molecule has 0 saturated heterocycles. The van der Waals surface area contributed by atoms with Crippen LogP contribution >= 0.6 is 0 Å². The Kier molecular flexibility index (Phi) is 5.89. The predicted octanol–water partition coefficient (Wildman–Crippen LogP) is 3.99. The number of tetrazole rings is 1. The largest absolute Gasteiger partial charge is 0.496 e. The van der Waals surface area contributed by atoms with Crippen LogP contribution < -0.4 is 4.74 Å². The van der Waals surface area contributed by atoms with Crippen molar-refractivity contribution in [1.82, 2.24) is 20.2 Å². The summed E-state index contributed by atoms with van der Waals surface area (Å²) >= 11 is 0. The molecule has 31 heavy (non-hydrogen) atoms. The van der Waals surface area contributed by atoms with Gasteiger partial charge in [0.1, 0.15) is 18.1 Å². The van der Waals surface area contributed by atoms with Crippen molar-refractivity contribution < 1.29 is 18.7 Å². The number of aromatic nitrogens is 4. The third kappa shape index (κ3) is 4.53. The second kappa shape index (κ2) is 9.08. The summed E-state index contributed by atoms with van der Waals surface area (Å²) in [6, 6.07) is 18.5. The van der Waals surface area contributed by atoms with Crippen LogP contribution in [0.2, 0.25) is 0 Å². The van der Waals surface area contributed by atoms with Crippen LogP contribution in [0.1, 0.15) is 16.9 Å². The number of furan rings is 1. The van der Waals surface area contributed by atoms with Crippen LogP contribution in [-0.4, -0.2) is 33.3 Å². The van der Waals surface area contributed by atoms with E-state index in [0.717, 1.165) is 16.7 Å². The number of benzene rings is 2. The molecule has 8 heteroatoms. The van der Waals surface area contributed by atoms with Gasteiger partial charge in [-0.1, -0.05) is 42.0 Å². The van der Waals surface area contributed by atoms with Gasteiger partial charge < -0.3 is 13.9 Å². The summed E-state index contributed by atoms with van der Waals surface area (Å²) in [7, 11) is 1.57. The minimum atomic E-state index is -0.607. The highest BCUT2D eigenvalue weighted by Gasteiger charge is 2.21. The van der Waals surface area contributed by atoms with Crippen LogP contribution in [0.25, 0.3) is 23.2 Å². The summed E-state index contributed by atoms with van der Waals surface area (Å²) in [5.74, 6) is 0.907. The van der Waals surface area contributed by atoms with E-state index in [9.17, 15) is 4.79 Å². The molecule has 0 saturated carbocycles. The molecule has 0 N–H and O–H groups in total. The van der Waals surface area contributed by atoms with E-state index in [-0.39, 0.29) is 12.3 Å². The zero-order chi connectivity index (χ0) is 21.6. The van der Waals surface area contributed by atoms with Gasteiger partial charge in [-0.2, -0.15) is 4.68 Å². The van der Waals surface area contributed by atoms with Crippen molar-refractivity contribution in [3.8, 4) is 17.1 Å². The minimum Gasteiger partial charge on any atom is -0.496 e. The van der Waals surface area contributed by atoms with Crippen LogP contribution in [0.15, 0.2) is 71.3 Å². The van der Waals surface area contributed by atoms with E-state index >= 15 is 0 Å². The molecule has 0 aliphatic heterocycles. The van der Waals surface area contributed by atoms with Crippen molar-refractivity contribution >= 4 is 17.7 Å². The molecule has 4 rings (SSSR count). The van der Waals surface area contributed by atoms with E-state index in [1.807, 2.05) is 55.5 Å². The van der Waals surface area contributed by atoms with Crippen molar-refractivity contribution in [1.29, 1.82) is 0 Å². The van der Waals surface area contributed by atoms with Crippen molar-refractivity contribution in [3.05, 3.63) is 83.8 Å². The van der Waals surface area contributed by atoms with Gasteiger partial charge >= 0.3 is 5.97 Å². The summed E-state index contributed by atoms with van der Waals surface area (Å²) in [5.41, 5.74) is 2.66. The number of hydrogen-bond donors (Lipinski definition) is 0. The van der Waals surface area contributed by atoms with Gasteiger partial charge in [0.15, 0.2) is 11.5 Å². The lowest BCUT2D eigenvalue weighted by molar-refractivity contribution is -0.138. The summed E-state index contributed by atoms with van der Waals surface area (Å²) in [6.45, 7) is 1.99. The van der Waals surface area contributed by atoms with E-state index in [1.165, 1.54) is 10.9 Å². The molecular weight excluding hydrogens is 396 g/mol. The first-order chi connectivity index (χ1) is 15.2. The quantitative estimate of drug-likeness (QED) is 0.332. The molecule has 0 atom stereocenters. The predicted molar refractivity (Wildman–Crippen MR) is 114 cm³/mol. The van der Waals surface area contributed by atoms with Gasteiger partial charge in [0.2, 0.25) is 0 Å². The molecule has 0 aliphatic rings. The van der Waals surface area contributed by atoms with Crippen LogP contribution in [0.4, 0.5) is 0 Å². The standard InChI is InChI=1S/C23H20N4O4/c1-16-10-11-21(29-2)18(13-16)15-31-23(28)20(14-19-9-6-12-30-19)27-22(24-25-26-27)17-7-4-3-5-8-17/h3-14H,15H2,1-2H3/b20-14-. The SMILES string of the molecule is COc1ccc(C)cc1COC(=O)/C(=C/c1ccco1)n1nnnc1-c1ccccc1. The maximum Gasteiger partial charge on any atom is 0.357 e. The van der Waals surface area contributed by atoms with Crippen LogP contribution in [0, 0.1) is 6.92 Å². The molecule has 156 valence electrons. The van der Waals surface area contributed by atoms with E-state index < -0.39 is 5.97 Å². The maximum absolute atomic E-state index is 13.1. The zero-order valence-corrected chi connectivity index (χ0v) is 17.1. The topological polar surface area (TPSA) is 92.3 Å². The average molecular weight is 416 g/mol. The van der Waals surface area contributed by atoms with Gasteiger partial charge in [0, 0.05) is 17.2 Å². The fourth-order valence-corrected chi connectivity index (χ4v) is 3.07. The Morgan fingerprint density at radius 3 is 2.71 bits per heavy atom. The monoisotopic (exact) mass is 416 g/mol. The molecule has 2 heterocycles. The number of rotatable bonds is 7. The van der Waals surface area contributed by atoms with Crippen molar-refractivity contribution in [3.63, 3.8) is 0 Å². The molecule has 0 bridgehead atoms. The second-order valence-corrected chi connectivity index (χ2v) is 6.72. The molecule has 0 aliphatic carbocycles. The van der Waals surface area contributed by atoms with Gasteiger partial charge in [-0.25, -0.2) is 4.79 Å². The Morgan fingerprint density at radius 1 is 1.13 bits per heavy atom. The van der Waals surface area contributed by atoms with Crippen molar-refractivity contribution in [2.24, 2.45) is 0 Å². The van der Waals surface area contributed by atoms with Crippen molar-refractivity contribution in [2.75, 3.05) is 7.11 Å². The number of carbonyl (C=O) groups is 1. The first-order valence-electron chi connectivity index (χ1n) is 9.55. The van der Waals surface area contributed by atoms with Crippen LogP contribution in [0.5, 0.6) is 5.75 Å². The summed E-state index contributed by atoms with van der Waals surface area (Å²) in [6.07, 6.45) is 3.06. The lowest BCUT2D eigenvalue weighted by Crippen LogP contribution is -2.15. The molecule has 4 aromatic rings. The average Bonchev–Trinajstić information content (AvgIpc) is 3.48. The highest BCUT2D eigenvalue weighted by molar-refractivity contribution is 6.15. The van der Waals surface area contributed by atoms with Gasteiger partial charge in [-0.15, -0.1) is 5.10 Å². The lowest BCUT2D eigenvalue weighted by atomic mass is 10.1. The fourth-order valence-electron chi connectivity index (χ4n) is 3.07. The smallest absolute Gasteiger partial charge is 0.357 e. The normalized spacial score (nSPS) is 11.4. The van der Waals surface area contributed by atoms with E-state index in [2.05, 4.69) is 15.5 Å². The number of aryl methyl sites for hydroxylation is 1. The summed E-state index contributed by atoms with van der Waals surface area (Å²) < 4.78 is 17.7. The molecule has 2 aromatic heterocycles. The molecule has 0 unspecified atom stereocenters. The minimum absolute atomic E-state index is 0.0297. The molecule has 2 aromatic carbocycles. The lowest BCUT2D eigenvalue weighted by Gasteiger charge is -2.12. The molecule has 0 fully saturated rings. The second-order valence-electron chi connectivity index (χ2n) is 6.72. The molecule has 0 spiro atoms. The highest BCUT2D eigenvalue weighted by Crippen LogP contribution is 2.24. The Balaban J connectivity index is 1.67. The van der Waals surface area contributed by atoms with Crippen LogP contribution in [-0.2, 0) is 16.1 Å². The number of hydrogen-bond acceptors (Lipinski definition) is 7. The third-order valence-corrected chi connectivity index (χ3v) is 4.56. The van der Waals surface area contributed by atoms with Gasteiger partial charge in [0.05, 0.1) is 13.4 Å². The van der Waals surface area contributed by atoms with Gasteiger partial charge in [-0.05, 0) is 41.6 Å². The Morgan fingerprint density at radius 2 is 1.97 bits per heavy atom. The number of ether oxygens (including phenoxy) is 2. The Hall–Kier alpha value is -4.20. The highest BCUT2D eigenvalue weighted by atomic mass is 16.5. The molecule has 0 radical (unpaired) electrons. The van der Waals surface area contributed by atoms with Crippen molar-refractivity contribution in [2.45, 2.75) is 13.5 Å². The molecular formula is C23H20N4O4. The number of carbonyl (C=O) groups excluding carboxylic acids is 1. The first kappa shape index (κ1) is 20.1. The first-order valence-corrected chi connectivity index (χ1v) is 9.55. The van der Waals surface area contributed by atoms with E-state index in [0.29, 0.717) is 17.3 Å². The number of esters is 1.